The molecule has 6 heteroatoms. The summed E-state index contributed by atoms with van der Waals surface area (Å²) in [6, 6.07) is 14.8. The number of carbonyl (C=O) groups is 1. The van der Waals surface area contributed by atoms with Gasteiger partial charge in [-0.2, -0.15) is 0 Å². The lowest BCUT2D eigenvalue weighted by atomic mass is 10.1. The molecule has 0 bridgehead atoms. The van der Waals surface area contributed by atoms with E-state index >= 15 is 0 Å². The molecule has 0 fully saturated rings. The van der Waals surface area contributed by atoms with Gasteiger partial charge in [-0.05, 0) is 78.3 Å². The highest BCUT2D eigenvalue weighted by molar-refractivity contribution is 9.10. The molecule has 0 aliphatic rings. The van der Waals surface area contributed by atoms with Gasteiger partial charge in [0.05, 0.1) is 11.6 Å². The van der Waals surface area contributed by atoms with E-state index < -0.39 is 0 Å². The molecule has 0 amide bonds. The molecule has 0 unspecified atom stereocenters. The van der Waals surface area contributed by atoms with Gasteiger partial charge in [0.15, 0.2) is 6.61 Å². The van der Waals surface area contributed by atoms with Crippen molar-refractivity contribution in [3.63, 3.8) is 0 Å². The van der Waals surface area contributed by atoms with E-state index in [0.717, 1.165) is 22.8 Å². The van der Waals surface area contributed by atoms with E-state index in [2.05, 4.69) is 15.9 Å². The largest absolute Gasteiger partial charge is 0.497 e. The van der Waals surface area contributed by atoms with Gasteiger partial charge in [0.25, 0.3) is 0 Å². The van der Waals surface area contributed by atoms with E-state index in [9.17, 15) is 4.79 Å². The van der Waals surface area contributed by atoms with Crippen LogP contribution in [0.1, 0.15) is 21.7 Å². The highest BCUT2D eigenvalue weighted by Gasteiger charge is 2.17. The van der Waals surface area contributed by atoms with Crippen molar-refractivity contribution >= 4 is 33.3 Å². The van der Waals surface area contributed by atoms with Crippen molar-refractivity contribution in [2.45, 2.75) is 13.8 Å². The van der Waals surface area contributed by atoms with Gasteiger partial charge in [0.1, 0.15) is 11.5 Å². The van der Waals surface area contributed by atoms with Crippen LogP contribution in [0.15, 0.2) is 53.0 Å². The van der Waals surface area contributed by atoms with E-state index in [1.165, 1.54) is 0 Å². The summed E-state index contributed by atoms with van der Waals surface area (Å²) in [6.45, 7) is 3.86. The molecule has 0 saturated heterocycles. The quantitative estimate of drug-likeness (QED) is 0.449. The topological polar surface area (TPSA) is 40.5 Å². The first kappa shape index (κ1) is 19.5. The number of nitrogens with zero attached hydrogens (tertiary/aromatic N) is 1. The van der Waals surface area contributed by atoms with Crippen molar-refractivity contribution < 1.29 is 14.3 Å². The van der Waals surface area contributed by atoms with Crippen molar-refractivity contribution in [2.75, 3.05) is 13.7 Å². The molecule has 0 saturated carbocycles. The van der Waals surface area contributed by atoms with Crippen LogP contribution >= 0.6 is 27.5 Å². The molecular weight excluding hydrogens is 430 g/mol. The number of hydrogen-bond donors (Lipinski definition) is 0. The number of carbonyl (C=O) groups excluding carboxylic acids is 1. The summed E-state index contributed by atoms with van der Waals surface area (Å²) >= 11 is 9.32. The minimum Gasteiger partial charge on any atom is -0.497 e. The zero-order valence-corrected chi connectivity index (χ0v) is 17.6. The second-order valence-electron chi connectivity index (χ2n) is 6.10. The van der Waals surface area contributed by atoms with Gasteiger partial charge in [-0.25, -0.2) is 0 Å². The normalized spacial score (nSPS) is 10.7. The maximum atomic E-state index is 12.7. The van der Waals surface area contributed by atoms with Crippen molar-refractivity contribution in [1.82, 2.24) is 4.57 Å². The Balaban J connectivity index is 1.81. The number of methoxy groups -OCH3 is 1. The van der Waals surface area contributed by atoms with Crippen molar-refractivity contribution in [1.29, 1.82) is 0 Å². The molecule has 3 rings (SSSR count). The fourth-order valence-corrected chi connectivity index (χ4v) is 3.78. The van der Waals surface area contributed by atoms with Crippen LogP contribution in [0, 0.1) is 13.8 Å². The van der Waals surface area contributed by atoms with E-state index in [1.807, 2.05) is 48.7 Å². The Bertz CT molecular complexity index is 980. The van der Waals surface area contributed by atoms with Gasteiger partial charge in [-0.15, -0.1) is 0 Å². The zero-order valence-electron chi connectivity index (χ0n) is 15.3. The average Bonchev–Trinajstić information content (AvgIpc) is 2.95. The van der Waals surface area contributed by atoms with Crippen LogP contribution in [0.3, 0.4) is 0 Å². The number of benzene rings is 2. The molecule has 0 N–H and O–H groups in total. The predicted molar refractivity (Wildman–Crippen MR) is 111 cm³/mol. The number of halogens is 2. The molecule has 0 atom stereocenters. The number of Topliss-reactive ketones (excluding diaryl/α,β-unsaturated/α-hetero) is 1. The molecule has 140 valence electrons. The van der Waals surface area contributed by atoms with E-state index in [0.29, 0.717) is 20.8 Å². The van der Waals surface area contributed by atoms with Gasteiger partial charge in [0, 0.05) is 27.7 Å². The Morgan fingerprint density at radius 1 is 1.11 bits per heavy atom. The Morgan fingerprint density at radius 2 is 1.81 bits per heavy atom. The number of aromatic nitrogens is 1. The fraction of sp³-hybridized carbons (Fsp3) is 0.190. The van der Waals surface area contributed by atoms with Crippen LogP contribution in [0.5, 0.6) is 11.5 Å². The summed E-state index contributed by atoms with van der Waals surface area (Å²) in [5.74, 6) is 1.29. The van der Waals surface area contributed by atoms with Gasteiger partial charge in [-0.1, -0.05) is 11.6 Å². The summed E-state index contributed by atoms with van der Waals surface area (Å²) in [4.78, 5) is 12.7. The number of aryl methyl sites for hydroxylation is 1. The first-order chi connectivity index (χ1) is 12.9. The summed E-state index contributed by atoms with van der Waals surface area (Å²) in [5.41, 5.74) is 3.48. The summed E-state index contributed by atoms with van der Waals surface area (Å²) in [7, 11) is 1.64. The summed E-state index contributed by atoms with van der Waals surface area (Å²) in [6.07, 6.45) is 0. The molecule has 0 radical (unpaired) electrons. The lowest BCUT2D eigenvalue weighted by Crippen LogP contribution is -2.13. The second kappa shape index (κ2) is 8.19. The Hall–Kier alpha value is -2.24. The van der Waals surface area contributed by atoms with Crippen LogP contribution in [-0.4, -0.2) is 24.1 Å². The number of rotatable bonds is 6. The molecule has 3 aromatic rings. The highest BCUT2D eigenvalue weighted by Crippen LogP contribution is 2.28. The third kappa shape index (κ3) is 4.20. The Morgan fingerprint density at radius 3 is 2.44 bits per heavy atom. The Kier molecular flexibility index (Phi) is 5.92. The molecule has 2 aromatic carbocycles. The number of ketones is 1. The first-order valence-corrected chi connectivity index (χ1v) is 9.52. The monoisotopic (exact) mass is 447 g/mol. The molecule has 0 aliphatic heterocycles. The SMILES string of the molecule is COc1ccc(-n2c(C)cc(C(=O)COc3ccc(Cl)cc3Br)c2C)cc1. The molecule has 4 nitrogen and oxygen atoms in total. The zero-order chi connectivity index (χ0) is 19.6. The minimum atomic E-state index is -0.0790. The molecule has 27 heavy (non-hydrogen) atoms. The third-order valence-corrected chi connectivity index (χ3v) is 5.17. The lowest BCUT2D eigenvalue weighted by molar-refractivity contribution is 0.0920. The van der Waals surface area contributed by atoms with Gasteiger partial charge in [0.2, 0.25) is 5.78 Å². The van der Waals surface area contributed by atoms with E-state index in [1.54, 1.807) is 25.3 Å². The van der Waals surface area contributed by atoms with Crippen molar-refractivity contribution in [3.05, 3.63) is 75.0 Å². The Labute approximate surface area is 171 Å². The second-order valence-corrected chi connectivity index (χ2v) is 7.40. The summed E-state index contributed by atoms with van der Waals surface area (Å²) in [5, 5.41) is 0.601. The van der Waals surface area contributed by atoms with E-state index in [-0.39, 0.29) is 12.4 Å². The third-order valence-electron chi connectivity index (χ3n) is 4.31. The van der Waals surface area contributed by atoms with Crippen LogP contribution < -0.4 is 9.47 Å². The van der Waals surface area contributed by atoms with Crippen LogP contribution in [0.25, 0.3) is 5.69 Å². The lowest BCUT2D eigenvalue weighted by Gasteiger charge is -2.11. The maximum absolute atomic E-state index is 12.7. The van der Waals surface area contributed by atoms with Gasteiger partial charge in [-0.3, -0.25) is 4.79 Å². The van der Waals surface area contributed by atoms with Crippen LogP contribution in [-0.2, 0) is 0 Å². The first-order valence-electron chi connectivity index (χ1n) is 8.35. The molecule has 1 heterocycles. The maximum Gasteiger partial charge on any atom is 0.202 e. The molecular formula is C21H19BrClNO3. The number of ether oxygens (including phenoxy) is 2. The van der Waals surface area contributed by atoms with Crippen LogP contribution in [0.2, 0.25) is 5.02 Å². The minimum absolute atomic E-state index is 0.0485. The van der Waals surface area contributed by atoms with Gasteiger partial charge >= 0.3 is 0 Å². The number of hydrogen-bond acceptors (Lipinski definition) is 3. The van der Waals surface area contributed by atoms with Crippen LogP contribution in [0.4, 0.5) is 0 Å². The standard InChI is InChI=1S/C21H19BrClNO3/c1-13-10-18(14(2)24(13)16-5-7-17(26-3)8-6-16)20(25)12-27-21-9-4-15(23)11-19(21)22/h4-11H,12H2,1-3H3. The van der Waals surface area contributed by atoms with Crippen molar-refractivity contribution in [2.24, 2.45) is 0 Å². The predicted octanol–water partition coefficient (Wildman–Crippen LogP) is 5.78. The highest BCUT2D eigenvalue weighted by atomic mass is 79.9. The average molecular weight is 449 g/mol. The van der Waals surface area contributed by atoms with Crippen molar-refractivity contribution in [3.8, 4) is 17.2 Å². The van der Waals surface area contributed by atoms with E-state index in [4.69, 9.17) is 21.1 Å². The molecule has 0 spiro atoms. The van der Waals surface area contributed by atoms with Gasteiger partial charge < -0.3 is 14.0 Å². The smallest absolute Gasteiger partial charge is 0.202 e. The summed E-state index contributed by atoms with van der Waals surface area (Å²) < 4.78 is 13.6. The molecule has 0 aliphatic carbocycles. The molecule has 1 aromatic heterocycles. The fourth-order valence-electron chi connectivity index (χ4n) is 2.99.